The quantitative estimate of drug-likeness (QED) is 0.832. The largest absolute Gasteiger partial charge is 0.369 e. The molecule has 0 saturated carbocycles. The third-order valence-corrected chi connectivity index (χ3v) is 4.20. The molecule has 3 N–H and O–H groups in total. The van der Waals surface area contributed by atoms with Crippen LogP contribution < -0.4 is 11.1 Å². The van der Waals surface area contributed by atoms with Gasteiger partial charge < -0.3 is 11.1 Å². The Bertz CT molecular complexity index is 733. The molecule has 1 amide bonds. The van der Waals surface area contributed by atoms with Crippen molar-refractivity contribution in [3.8, 4) is 0 Å². The monoisotopic (exact) mass is 299 g/mol. The van der Waals surface area contributed by atoms with Crippen LogP contribution in [0.3, 0.4) is 0 Å². The Morgan fingerprint density at radius 1 is 1.41 bits per heavy atom. The highest BCUT2D eigenvalue weighted by Gasteiger charge is 2.26. The van der Waals surface area contributed by atoms with Crippen LogP contribution in [0.5, 0.6) is 0 Å². The predicted octanol–water partition coefficient (Wildman–Crippen LogP) is 1.26. The van der Waals surface area contributed by atoms with Gasteiger partial charge in [0.05, 0.1) is 12.1 Å². The molecule has 0 aromatic carbocycles. The van der Waals surface area contributed by atoms with E-state index in [0.29, 0.717) is 13.0 Å². The van der Waals surface area contributed by atoms with Gasteiger partial charge in [0, 0.05) is 29.5 Å². The first-order valence-electron chi connectivity index (χ1n) is 7.55. The second-order valence-corrected chi connectivity index (χ2v) is 5.88. The standard InChI is InChI=1S/C16H21N5O/c1-10-7-11(2)21-16(20-10)12(9-19-21)8-18-14-6-4-3-5-13(14)15(17)22/h3-4,7,9,13-14,18H,5-6,8H2,1-2H3,(H2,17,22)/t13-,14-/m1/s1. The minimum atomic E-state index is -0.244. The molecule has 6 heteroatoms. The summed E-state index contributed by atoms with van der Waals surface area (Å²) in [5.41, 5.74) is 9.43. The second-order valence-electron chi connectivity index (χ2n) is 5.88. The van der Waals surface area contributed by atoms with Gasteiger partial charge in [0.2, 0.25) is 5.91 Å². The molecule has 3 rings (SSSR count). The first-order chi connectivity index (χ1) is 10.6. The van der Waals surface area contributed by atoms with Gasteiger partial charge in [-0.05, 0) is 32.8 Å². The number of rotatable bonds is 4. The number of fused-ring (bicyclic) bond motifs is 1. The molecule has 2 atom stereocenters. The fourth-order valence-electron chi connectivity index (χ4n) is 3.04. The fraction of sp³-hybridized carbons (Fsp3) is 0.438. The molecule has 22 heavy (non-hydrogen) atoms. The number of nitrogens with one attached hydrogen (secondary N) is 1. The lowest BCUT2D eigenvalue weighted by atomic mass is 9.88. The second kappa shape index (κ2) is 5.88. The smallest absolute Gasteiger partial charge is 0.222 e. The van der Waals surface area contributed by atoms with Crippen molar-refractivity contribution in [2.45, 2.75) is 39.3 Å². The van der Waals surface area contributed by atoms with Crippen molar-refractivity contribution in [3.63, 3.8) is 0 Å². The van der Waals surface area contributed by atoms with Gasteiger partial charge in [-0.3, -0.25) is 4.79 Å². The van der Waals surface area contributed by atoms with Gasteiger partial charge in [0.15, 0.2) is 5.65 Å². The van der Waals surface area contributed by atoms with E-state index in [1.165, 1.54) is 0 Å². The van der Waals surface area contributed by atoms with Crippen molar-refractivity contribution >= 4 is 11.6 Å². The topological polar surface area (TPSA) is 85.3 Å². The highest BCUT2D eigenvalue weighted by Crippen LogP contribution is 2.20. The minimum absolute atomic E-state index is 0.0726. The van der Waals surface area contributed by atoms with Crippen LogP contribution in [0.1, 0.15) is 29.8 Å². The average molecular weight is 299 g/mol. The van der Waals surface area contributed by atoms with Crippen LogP contribution in [0.4, 0.5) is 0 Å². The number of amides is 1. The number of primary amides is 1. The van der Waals surface area contributed by atoms with Crippen molar-refractivity contribution in [1.29, 1.82) is 0 Å². The Hall–Kier alpha value is -2.21. The Balaban J connectivity index is 1.79. The summed E-state index contributed by atoms with van der Waals surface area (Å²) in [6, 6.07) is 2.08. The maximum atomic E-state index is 11.5. The molecule has 2 heterocycles. The SMILES string of the molecule is Cc1cc(C)n2ncc(CN[C@@H]3CC=CC[C@H]3C(N)=O)c2n1. The van der Waals surface area contributed by atoms with Gasteiger partial charge in [0.25, 0.3) is 0 Å². The number of carbonyl (C=O) groups is 1. The maximum absolute atomic E-state index is 11.5. The van der Waals surface area contributed by atoms with E-state index in [9.17, 15) is 4.79 Å². The lowest BCUT2D eigenvalue weighted by Gasteiger charge is -2.26. The highest BCUT2D eigenvalue weighted by molar-refractivity contribution is 5.77. The van der Waals surface area contributed by atoms with Gasteiger partial charge in [-0.1, -0.05) is 12.2 Å². The molecule has 116 valence electrons. The van der Waals surface area contributed by atoms with E-state index >= 15 is 0 Å². The van der Waals surface area contributed by atoms with Crippen LogP contribution in [0.2, 0.25) is 0 Å². The molecule has 1 aliphatic rings. The first-order valence-corrected chi connectivity index (χ1v) is 7.55. The van der Waals surface area contributed by atoms with Crippen molar-refractivity contribution in [1.82, 2.24) is 19.9 Å². The van der Waals surface area contributed by atoms with Crippen molar-refractivity contribution < 1.29 is 4.79 Å². The van der Waals surface area contributed by atoms with Crippen LogP contribution in [0.25, 0.3) is 5.65 Å². The molecule has 0 saturated heterocycles. The number of aromatic nitrogens is 3. The molecule has 0 unspecified atom stereocenters. The molecule has 2 aromatic heterocycles. The predicted molar refractivity (Wildman–Crippen MR) is 84.1 cm³/mol. The van der Waals surface area contributed by atoms with E-state index in [1.54, 1.807) is 0 Å². The van der Waals surface area contributed by atoms with Crippen LogP contribution in [-0.4, -0.2) is 26.5 Å². The normalized spacial score (nSPS) is 21.4. The Kier molecular flexibility index (Phi) is 3.94. The van der Waals surface area contributed by atoms with Gasteiger partial charge in [-0.2, -0.15) is 5.10 Å². The third-order valence-electron chi connectivity index (χ3n) is 4.20. The lowest BCUT2D eigenvalue weighted by molar-refractivity contribution is -0.122. The highest BCUT2D eigenvalue weighted by atomic mass is 16.1. The number of aryl methyl sites for hydroxylation is 2. The summed E-state index contributed by atoms with van der Waals surface area (Å²) in [6.45, 7) is 4.62. The summed E-state index contributed by atoms with van der Waals surface area (Å²) in [7, 11) is 0. The molecule has 2 aromatic rings. The third kappa shape index (κ3) is 2.74. The van der Waals surface area contributed by atoms with Crippen LogP contribution in [-0.2, 0) is 11.3 Å². The van der Waals surface area contributed by atoms with Crippen LogP contribution in [0.15, 0.2) is 24.4 Å². The summed E-state index contributed by atoms with van der Waals surface area (Å²) in [6.07, 6.45) is 7.48. The van der Waals surface area contributed by atoms with Crippen molar-refractivity contribution in [2.24, 2.45) is 11.7 Å². The minimum Gasteiger partial charge on any atom is -0.369 e. The average Bonchev–Trinajstić information content (AvgIpc) is 2.88. The zero-order valence-electron chi connectivity index (χ0n) is 12.9. The Morgan fingerprint density at radius 2 is 2.18 bits per heavy atom. The van der Waals surface area contributed by atoms with Crippen molar-refractivity contribution in [2.75, 3.05) is 0 Å². The van der Waals surface area contributed by atoms with Gasteiger partial charge in [-0.25, -0.2) is 9.50 Å². The molecule has 0 bridgehead atoms. The number of nitrogens with two attached hydrogens (primary N) is 1. The summed E-state index contributed by atoms with van der Waals surface area (Å²) in [5.74, 6) is -0.394. The van der Waals surface area contributed by atoms with Gasteiger partial charge in [0.1, 0.15) is 0 Å². The Labute approximate surface area is 129 Å². The number of hydrogen-bond donors (Lipinski definition) is 2. The maximum Gasteiger partial charge on any atom is 0.222 e. The van der Waals surface area contributed by atoms with E-state index in [-0.39, 0.29) is 17.9 Å². The van der Waals surface area contributed by atoms with Gasteiger partial charge >= 0.3 is 0 Å². The fourth-order valence-corrected chi connectivity index (χ4v) is 3.04. The van der Waals surface area contributed by atoms with E-state index in [2.05, 4.69) is 21.5 Å². The molecule has 0 radical (unpaired) electrons. The van der Waals surface area contributed by atoms with E-state index in [1.807, 2.05) is 36.7 Å². The first kappa shape index (κ1) is 14.7. The van der Waals surface area contributed by atoms with Gasteiger partial charge in [-0.15, -0.1) is 0 Å². The molecule has 0 aliphatic heterocycles. The molecular formula is C16H21N5O. The lowest BCUT2D eigenvalue weighted by Crippen LogP contribution is -2.43. The summed E-state index contributed by atoms with van der Waals surface area (Å²) >= 11 is 0. The summed E-state index contributed by atoms with van der Waals surface area (Å²) in [4.78, 5) is 16.1. The number of carbonyl (C=O) groups excluding carboxylic acids is 1. The molecular weight excluding hydrogens is 278 g/mol. The zero-order valence-corrected chi connectivity index (χ0v) is 12.9. The summed E-state index contributed by atoms with van der Waals surface area (Å²) in [5, 5.41) is 7.83. The van der Waals surface area contributed by atoms with E-state index in [0.717, 1.165) is 29.0 Å². The zero-order chi connectivity index (χ0) is 15.7. The van der Waals surface area contributed by atoms with Crippen LogP contribution in [0, 0.1) is 19.8 Å². The molecule has 6 nitrogen and oxygen atoms in total. The number of hydrogen-bond acceptors (Lipinski definition) is 4. The number of allylic oxidation sites excluding steroid dienone is 1. The molecule has 1 aliphatic carbocycles. The van der Waals surface area contributed by atoms with Crippen LogP contribution >= 0.6 is 0 Å². The number of nitrogens with zero attached hydrogens (tertiary/aromatic N) is 3. The van der Waals surface area contributed by atoms with Crippen molar-refractivity contribution in [3.05, 3.63) is 41.4 Å². The van der Waals surface area contributed by atoms with E-state index < -0.39 is 0 Å². The molecule has 0 spiro atoms. The van der Waals surface area contributed by atoms with E-state index in [4.69, 9.17) is 5.73 Å². The Morgan fingerprint density at radius 3 is 2.95 bits per heavy atom. The summed E-state index contributed by atoms with van der Waals surface area (Å²) < 4.78 is 1.84. The molecule has 0 fully saturated rings.